The second-order valence-corrected chi connectivity index (χ2v) is 5.53. The van der Waals surface area contributed by atoms with E-state index in [9.17, 15) is 5.11 Å². The molecule has 5 unspecified atom stereocenters. The predicted octanol–water partition coefficient (Wildman–Crippen LogP) is 0.628. The first-order valence-corrected chi connectivity index (χ1v) is 6.21. The molecule has 0 aromatic rings. The van der Waals surface area contributed by atoms with Gasteiger partial charge in [-0.05, 0) is 42.9 Å². The summed E-state index contributed by atoms with van der Waals surface area (Å²) in [4.78, 5) is 0. The van der Waals surface area contributed by atoms with Gasteiger partial charge >= 0.3 is 0 Å². The second kappa shape index (κ2) is 3.72. The van der Waals surface area contributed by atoms with Gasteiger partial charge in [0, 0.05) is 19.7 Å². The minimum Gasteiger partial charge on any atom is -0.389 e. The third-order valence-electron chi connectivity index (χ3n) is 4.68. The minimum absolute atomic E-state index is 0.339. The third kappa shape index (κ3) is 1.61. The molecule has 0 heterocycles. The number of fused-ring (bicyclic) bond motifs is 5. The Balaban J connectivity index is 1.44. The quantitative estimate of drug-likeness (QED) is 0.701. The van der Waals surface area contributed by atoms with Crippen molar-refractivity contribution >= 4 is 0 Å². The van der Waals surface area contributed by atoms with E-state index in [0.717, 1.165) is 29.7 Å². The zero-order valence-corrected chi connectivity index (χ0v) is 9.36. The van der Waals surface area contributed by atoms with Gasteiger partial charge in [0.1, 0.15) is 0 Å². The van der Waals surface area contributed by atoms with E-state index in [0.29, 0.717) is 13.2 Å². The van der Waals surface area contributed by atoms with Gasteiger partial charge in [-0.2, -0.15) is 0 Å². The molecule has 15 heavy (non-hydrogen) atoms. The summed E-state index contributed by atoms with van der Waals surface area (Å²) in [6.45, 7) is 1.15. The van der Waals surface area contributed by atoms with E-state index in [1.807, 2.05) is 0 Å². The Labute approximate surface area is 91.2 Å². The third-order valence-corrected chi connectivity index (χ3v) is 4.68. The average Bonchev–Trinajstić information content (AvgIpc) is 2.63. The molecule has 2 bridgehead atoms. The molecule has 3 saturated carbocycles. The van der Waals surface area contributed by atoms with E-state index in [1.165, 1.54) is 19.3 Å². The summed E-state index contributed by atoms with van der Waals surface area (Å²) < 4.78 is 4.91. The fraction of sp³-hybridized carbons (Fsp3) is 1.00. The van der Waals surface area contributed by atoms with Crippen molar-refractivity contribution in [2.75, 3.05) is 20.3 Å². The van der Waals surface area contributed by atoms with Crippen molar-refractivity contribution in [1.82, 2.24) is 5.32 Å². The molecule has 3 aliphatic carbocycles. The molecule has 0 spiro atoms. The lowest BCUT2D eigenvalue weighted by atomic mass is 10.0. The van der Waals surface area contributed by atoms with Crippen molar-refractivity contribution in [2.45, 2.75) is 31.4 Å². The average molecular weight is 211 g/mol. The van der Waals surface area contributed by atoms with Gasteiger partial charge in [-0.1, -0.05) is 0 Å². The highest BCUT2D eigenvalue weighted by atomic mass is 16.5. The van der Waals surface area contributed by atoms with E-state index in [2.05, 4.69) is 5.32 Å². The number of nitrogens with one attached hydrogen (secondary N) is 1. The lowest BCUT2D eigenvalue weighted by Crippen LogP contribution is -2.33. The number of rotatable bonds is 5. The molecule has 0 saturated heterocycles. The maximum atomic E-state index is 9.55. The molecule has 0 aliphatic heterocycles. The molecule has 3 nitrogen and oxygen atoms in total. The number of hydrogen-bond acceptors (Lipinski definition) is 3. The zero-order chi connectivity index (χ0) is 10.4. The molecule has 5 atom stereocenters. The molecular formula is C12H21NO2. The highest BCUT2D eigenvalue weighted by molar-refractivity contribution is 5.16. The number of methoxy groups -OCH3 is 1. The van der Waals surface area contributed by atoms with Gasteiger partial charge in [0.2, 0.25) is 0 Å². The Kier molecular flexibility index (Phi) is 2.49. The van der Waals surface area contributed by atoms with Gasteiger partial charge in [-0.15, -0.1) is 0 Å². The molecular weight excluding hydrogens is 190 g/mol. The topological polar surface area (TPSA) is 41.5 Å². The van der Waals surface area contributed by atoms with Crippen LogP contribution in [-0.2, 0) is 4.74 Å². The van der Waals surface area contributed by atoms with Crippen LogP contribution < -0.4 is 5.32 Å². The Bertz CT molecular complexity index is 230. The molecule has 0 aromatic carbocycles. The highest BCUT2D eigenvalue weighted by Gasteiger charge is 2.64. The van der Waals surface area contributed by atoms with Crippen LogP contribution in [0.25, 0.3) is 0 Å². The van der Waals surface area contributed by atoms with Crippen molar-refractivity contribution in [1.29, 1.82) is 0 Å². The van der Waals surface area contributed by atoms with Crippen molar-refractivity contribution < 1.29 is 9.84 Å². The predicted molar refractivity (Wildman–Crippen MR) is 57.5 cm³/mol. The Morgan fingerprint density at radius 3 is 2.60 bits per heavy atom. The van der Waals surface area contributed by atoms with Crippen molar-refractivity contribution in [2.24, 2.45) is 23.7 Å². The smallest absolute Gasteiger partial charge is 0.0897 e. The van der Waals surface area contributed by atoms with Gasteiger partial charge in [-0.25, -0.2) is 0 Å². The van der Waals surface area contributed by atoms with Gasteiger partial charge in [0.25, 0.3) is 0 Å². The first-order valence-electron chi connectivity index (χ1n) is 6.21. The van der Waals surface area contributed by atoms with Crippen LogP contribution in [0.15, 0.2) is 0 Å². The van der Waals surface area contributed by atoms with Crippen LogP contribution in [0, 0.1) is 23.7 Å². The standard InChI is InChI=1S/C12H21NO2/c1-15-6-9(14)5-13-12-10-7-2-3-8(4-7)11(10)12/h7-14H,2-6H2,1H3. The SMILES string of the molecule is COCC(O)CNC1C2C3CCC(C3)C12. The van der Waals surface area contributed by atoms with E-state index in [-0.39, 0.29) is 6.10 Å². The Morgan fingerprint density at radius 2 is 2.00 bits per heavy atom. The maximum Gasteiger partial charge on any atom is 0.0897 e. The number of aliphatic hydroxyl groups is 1. The van der Waals surface area contributed by atoms with Gasteiger partial charge < -0.3 is 15.2 Å². The molecule has 0 aromatic heterocycles. The van der Waals surface area contributed by atoms with E-state index in [1.54, 1.807) is 7.11 Å². The molecule has 3 heteroatoms. The van der Waals surface area contributed by atoms with E-state index in [4.69, 9.17) is 4.74 Å². The summed E-state index contributed by atoms with van der Waals surface area (Å²) in [5.41, 5.74) is 0. The zero-order valence-electron chi connectivity index (χ0n) is 9.36. The second-order valence-electron chi connectivity index (χ2n) is 5.53. The Morgan fingerprint density at radius 1 is 1.33 bits per heavy atom. The lowest BCUT2D eigenvalue weighted by Gasteiger charge is -2.13. The lowest BCUT2D eigenvalue weighted by molar-refractivity contribution is 0.0636. The monoisotopic (exact) mass is 211 g/mol. The Hall–Kier alpha value is -0.120. The normalized spacial score (nSPS) is 48.0. The largest absolute Gasteiger partial charge is 0.389 e. The number of aliphatic hydroxyl groups excluding tert-OH is 1. The first-order chi connectivity index (χ1) is 7.31. The van der Waals surface area contributed by atoms with E-state index < -0.39 is 0 Å². The first kappa shape index (κ1) is 10.1. The summed E-state index contributed by atoms with van der Waals surface area (Å²) in [6, 6.07) is 0.725. The summed E-state index contributed by atoms with van der Waals surface area (Å²) in [6.07, 6.45) is 4.08. The minimum atomic E-state index is -0.339. The number of ether oxygens (including phenoxy) is 1. The van der Waals surface area contributed by atoms with E-state index >= 15 is 0 Å². The van der Waals surface area contributed by atoms with Crippen molar-refractivity contribution in [3.05, 3.63) is 0 Å². The summed E-state index contributed by atoms with van der Waals surface area (Å²) in [5.74, 6) is 3.94. The van der Waals surface area contributed by atoms with Crippen molar-refractivity contribution in [3.63, 3.8) is 0 Å². The molecule has 0 amide bonds. The van der Waals surface area contributed by atoms with Gasteiger partial charge in [0.15, 0.2) is 0 Å². The molecule has 3 aliphatic rings. The van der Waals surface area contributed by atoms with Crippen LogP contribution in [0.1, 0.15) is 19.3 Å². The van der Waals surface area contributed by atoms with Crippen LogP contribution in [0.4, 0.5) is 0 Å². The summed E-state index contributed by atoms with van der Waals surface area (Å²) >= 11 is 0. The van der Waals surface area contributed by atoms with Crippen LogP contribution in [0.2, 0.25) is 0 Å². The van der Waals surface area contributed by atoms with Gasteiger partial charge in [0.05, 0.1) is 12.7 Å². The number of hydrogen-bond donors (Lipinski definition) is 2. The summed E-state index contributed by atoms with van der Waals surface area (Å²) in [7, 11) is 1.63. The molecule has 3 rings (SSSR count). The summed E-state index contributed by atoms with van der Waals surface area (Å²) in [5, 5.41) is 13.1. The fourth-order valence-electron chi connectivity index (χ4n) is 4.12. The molecule has 86 valence electrons. The van der Waals surface area contributed by atoms with Crippen LogP contribution in [0.5, 0.6) is 0 Å². The fourth-order valence-corrected chi connectivity index (χ4v) is 4.12. The van der Waals surface area contributed by atoms with Crippen LogP contribution in [0.3, 0.4) is 0 Å². The van der Waals surface area contributed by atoms with Crippen LogP contribution in [-0.4, -0.2) is 37.5 Å². The highest BCUT2D eigenvalue weighted by Crippen LogP contribution is 2.65. The maximum absolute atomic E-state index is 9.55. The molecule has 3 fully saturated rings. The van der Waals surface area contributed by atoms with Crippen LogP contribution >= 0.6 is 0 Å². The molecule has 2 N–H and O–H groups in total. The van der Waals surface area contributed by atoms with Gasteiger partial charge in [-0.3, -0.25) is 0 Å². The van der Waals surface area contributed by atoms with Crippen molar-refractivity contribution in [3.8, 4) is 0 Å². The molecule has 0 radical (unpaired) electrons.